The number of aromatic nitrogens is 3. The van der Waals surface area contributed by atoms with Gasteiger partial charge in [-0.15, -0.1) is 0 Å². The maximum atomic E-state index is 12.6. The predicted octanol–water partition coefficient (Wildman–Crippen LogP) is 0.505. The molecule has 1 amide bonds. The van der Waals surface area contributed by atoms with Crippen LogP contribution in [0.4, 0.5) is 0 Å². The summed E-state index contributed by atoms with van der Waals surface area (Å²) in [5.41, 5.74) is 0.884. The van der Waals surface area contributed by atoms with Gasteiger partial charge >= 0.3 is 0 Å². The van der Waals surface area contributed by atoms with E-state index in [0.717, 1.165) is 40.9 Å². The molecule has 0 radical (unpaired) electrons. The van der Waals surface area contributed by atoms with Gasteiger partial charge in [-0.05, 0) is 26.7 Å². The normalized spacial score (nSPS) is 17.7. The highest BCUT2D eigenvalue weighted by molar-refractivity contribution is 5.76. The van der Waals surface area contributed by atoms with E-state index in [1.165, 1.54) is 0 Å². The van der Waals surface area contributed by atoms with E-state index in [-0.39, 0.29) is 18.5 Å². The molecule has 0 bridgehead atoms. The number of nitrogens with zero attached hydrogens (tertiary/aromatic N) is 3. The van der Waals surface area contributed by atoms with Crippen LogP contribution in [0, 0.1) is 13.8 Å². The summed E-state index contributed by atoms with van der Waals surface area (Å²) in [5.74, 6) is 0.494. The fourth-order valence-electron chi connectivity index (χ4n) is 3.14. The Morgan fingerprint density at radius 1 is 1.39 bits per heavy atom. The minimum Gasteiger partial charge on any atom is -0.361 e. The van der Waals surface area contributed by atoms with E-state index in [2.05, 4.69) is 10.3 Å². The highest BCUT2D eigenvalue weighted by Gasteiger charge is 2.33. The topological polar surface area (TPSA) is 101 Å². The molecule has 2 aromatic rings. The predicted molar refractivity (Wildman–Crippen MR) is 81.0 cm³/mol. The van der Waals surface area contributed by atoms with Gasteiger partial charge < -0.3 is 9.42 Å². The Balaban J connectivity index is 1.85. The van der Waals surface area contributed by atoms with Crippen molar-refractivity contribution >= 4 is 5.91 Å². The molecule has 1 aliphatic heterocycles. The van der Waals surface area contributed by atoms with E-state index in [1.54, 1.807) is 4.90 Å². The largest absolute Gasteiger partial charge is 0.361 e. The fraction of sp³-hybridized carbons (Fsp3) is 0.467. The second kappa shape index (κ2) is 5.86. The van der Waals surface area contributed by atoms with E-state index in [0.29, 0.717) is 12.3 Å². The Kier molecular flexibility index (Phi) is 3.89. The molecular weight excluding hydrogens is 300 g/mol. The molecule has 1 aliphatic rings. The molecule has 122 valence electrons. The second-order valence-corrected chi connectivity index (χ2v) is 5.72. The number of carbonyl (C=O) groups excluding carboxylic acids is 1. The minimum absolute atomic E-state index is 0.0973. The summed E-state index contributed by atoms with van der Waals surface area (Å²) in [6.07, 6.45) is 1.70. The second-order valence-electron chi connectivity index (χ2n) is 5.72. The van der Waals surface area contributed by atoms with Gasteiger partial charge in [-0.1, -0.05) is 5.16 Å². The molecule has 1 atom stereocenters. The summed E-state index contributed by atoms with van der Waals surface area (Å²) in [6, 6.07) is 2.20. The smallest absolute Gasteiger partial charge is 0.265 e. The van der Waals surface area contributed by atoms with Crippen molar-refractivity contribution in [2.24, 2.45) is 0 Å². The Hall–Kier alpha value is -2.64. The number of carbonyl (C=O) groups is 1. The van der Waals surface area contributed by atoms with E-state index in [1.807, 2.05) is 13.8 Å². The van der Waals surface area contributed by atoms with Crippen molar-refractivity contribution in [2.45, 2.75) is 39.3 Å². The summed E-state index contributed by atoms with van der Waals surface area (Å²) in [6.45, 7) is 4.11. The van der Waals surface area contributed by atoms with E-state index < -0.39 is 11.1 Å². The zero-order chi connectivity index (χ0) is 16.6. The van der Waals surface area contributed by atoms with Gasteiger partial charge in [-0.25, -0.2) is 4.68 Å². The van der Waals surface area contributed by atoms with Gasteiger partial charge in [0.2, 0.25) is 5.91 Å². The van der Waals surface area contributed by atoms with Gasteiger partial charge in [0, 0.05) is 24.2 Å². The molecule has 0 aromatic carbocycles. The third-order valence-corrected chi connectivity index (χ3v) is 4.18. The average molecular weight is 318 g/mol. The van der Waals surface area contributed by atoms with Crippen LogP contribution in [0.25, 0.3) is 0 Å². The van der Waals surface area contributed by atoms with Crippen LogP contribution in [0.1, 0.15) is 35.9 Å². The minimum atomic E-state index is -0.416. The monoisotopic (exact) mass is 318 g/mol. The van der Waals surface area contributed by atoms with Gasteiger partial charge in [-0.3, -0.25) is 19.5 Å². The molecule has 8 nitrogen and oxygen atoms in total. The first kappa shape index (κ1) is 15.3. The molecule has 1 saturated heterocycles. The molecule has 0 spiro atoms. The molecule has 8 heteroatoms. The van der Waals surface area contributed by atoms with Gasteiger partial charge in [0.15, 0.2) is 0 Å². The van der Waals surface area contributed by atoms with Crippen molar-refractivity contribution in [2.75, 3.05) is 6.54 Å². The van der Waals surface area contributed by atoms with Crippen LogP contribution < -0.4 is 11.1 Å². The summed E-state index contributed by atoms with van der Waals surface area (Å²) in [7, 11) is 0. The number of nitrogens with one attached hydrogen (secondary N) is 1. The Bertz CT molecular complexity index is 828. The van der Waals surface area contributed by atoms with Gasteiger partial charge in [0.05, 0.1) is 11.7 Å². The molecule has 3 rings (SSSR count). The maximum Gasteiger partial charge on any atom is 0.265 e. The lowest BCUT2D eigenvalue weighted by molar-refractivity contribution is -0.133. The van der Waals surface area contributed by atoms with Crippen molar-refractivity contribution in [3.05, 3.63) is 49.9 Å². The Morgan fingerprint density at radius 3 is 2.87 bits per heavy atom. The number of aryl methyl sites for hydroxylation is 2. The summed E-state index contributed by atoms with van der Waals surface area (Å²) >= 11 is 0. The van der Waals surface area contributed by atoms with E-state index in [4.69, 9.17) is 4.52 Å². The number of hydrogen-bond acceptors (Lipinski definition) is 5. The van der Waals surface area contributed by atoms with Gasteiger partial charge in [0.25, 0.3) is 11.1 Å². The lowest BCUT2D eigenvalue weighted by Gasteiger charge is -2.25. The number of aromatic amines is 1. The fourth-order valence-corrected chi connectivity index (χ4v) is 3.14. The summed E-state index contributed by atoms with van der Waals surface area (Å²) < 4.78 is 6.23. The Labute approximate surface area is 131 Å². The number of rotatable bonds is 3. The average Bonchev–Trinajstić information content (AvgIpc) is 3.09. The summed E-state index contributed by atoms with van der Waals surface area (Å²) in [5, 5.41) is 6.32. The lowest BCUT2D eigenvalue weighted by atomic mass is 10.0. The van der Waals surface area contributed by atoms with Crippen LogP contribution in [-0.4, -0.2) is 32.3 Å². The molecule has 3 heterocycles. The SMILES string of the molecule is Cc1noc(C)c1[C@H]1CCCN1C(=O)Cn1[nH]c(=O)ccc1=O. The molecule has 1 N–H and O–H groups in total. The number of H-pyrrole nitrogens is 1. The highest BCUT2D eigenvalue weighted by Crippen LogP contribution is 2.35. The molecule has 0 saturated carbocycles. The van der Waals surface area contributed by atoms with Gasteiger partial charge in [0.1, 0.15) is 12.3 Å². The van der Waals surface area contributed by atoms with Gasteiger partial charge in [-0.2, -0.15) is 0 Å². The van der Waals surface area contributed by atoms with Crippen LogP contribution in [-0.2, 0) is 11.3 Å². The quantitative estimate of drug-likeness (QED) is 0.888. The maximum absolute atomic E-state index is 12.6. The standard InChI is InChI=1S/C15H18N4O4/c1-9-15(10(2)23-17-9)11-4-3-7-18(11)14(22)8-19-13(21)6-5-12(20)16-19/h5-6,11H,3-4,7-8H2,1-2H3,(H,16,20)/t11-/m1/s1. The number of amides is 1. The van der Waals surface area contributed by atoms with Crippen LogP contribution >= 0.6 is 0 Å². The Morgan fingerprint density at radius 2 is 2.17 bits per heavy atom. The number of likely N-dealkylation sites (tertiary alicyclic amines) is 1. The first-order valence-electron chi connectivity index (χ1n) is 7.50. The van der Waals surface area contributed by atoms with Crippen LogP contribution in [0.5, 0.6) is 0 Å². The van der Waals surface area contributed by atoms with Crippen molar-refractivity contribution in [1.82, 2.24) is 19.8 Å². The van der Waals surface area contributed by atoms with Crippen LogP contribution in [0.2, 0.25) is 0 Å². The van der Waals surface area contributed by atoms with E-state index >= 15 is 0 Å². The lowest BCUT2D eigenvalue weighted by Crippen LogP contribution is -2.38. The van der Waals surface area contributed by atoms with Crippen molar-refractivity contribution in [3.63, 3.8) is 0 Å². The van der Waals surface area contributed by atoms with Crippen molar-refractivity contribution in [1.29, 1.82) is 0 Å². The molecule has 1 fully saturated rings. The van der Waals surface area contributed by atoms with E-state index in [9.17, 15) is 14.4 Å². The molecule has 0 aliphatic carbocycles. The first-order valence-corrected chi connectivity index (χ1v) is 7.50. The first-order chi connectivity index (χ1) is 11.0. The zero-order valence-electron chi connectivity index (χ0n) is 13.0. The van der Waals surface area contributed by atoms with Crippen LogP contribution in [0.15, 0.2) is 26.2 Å². The van der Waals surface area contributed by atoms with Crippen LogP contribution in [0.3, 0.4) is 0 Å². The number of hydrogen-bond donors (Lipinski definition) is 1. The van der Waals surface area contributed by atoms with Crippen molar-refractivity contribution in [3.8, 4) is 0 Å². The third-order valence-electron chi connectivity index (χ3n) is 4.18. The molecule has 23 heavy (non-hydrogen) atoms. The summed E-state index contributed by atoms with van der Waals surface area (Å²) in [4.78, 5) is 37.4. The third kappa shape index (κ3) is 2.84. The molecular formula is C15H18N4O4. The highest BCUT2D eigenvalue weighted by atomic mass is 16.5. The van der Waals surface area contributed by atoms with Crippen molar-refractivity contribution < 1.29 is 9.32 Å². The molecule has 0 unspecified atom stereocenters. The molecule has 2 aromatic heterocycles. The zero-order valence-corrected chi connectivity index (χ0v) is 13.0.